The minimum Gasteiger partial charge on any atom is -0.486 e. The Balaban J connectivity index is 1.59. The lowest BCUT2D eigenvalue weighted by Crippen LogP contribution is -2.24. The fourth-order valence-electron chi connectivity index (χ4n) is 2.62. The van der Waals surface area contributed by atoms with Gasteiger partial charge in [0.15, 0.2) is 5.75 Å². The number of rotatable bonds is 4. The van der Waals surface area contributed by atoms with Crippen molar-refractivity contribution in [3.8, 4) is 11.8 Å². The monoisotopic (exact) mass is 279 g/mol. The van der Waals surface area contributed by atoms with Crippen LogP contribution in [0.2, 0.25) is 0 Å². The molecule has 2 aromatic rings. The van der Waals surface area contributed by atoms with Gasteiger partial charge in [0.1, 0.15) is 12.2 Å². The van der Waals surface area contributed by atoms with Crippen LogP contribution in [0.25, 0.3) is 0 Å². The van der Waals surface area contributed by atoms with E-state index in [4.69, 9.17) is 10.00 Å². The Bertz CT molecular complexity index is 636. The van der Waals surface area contributed by atoms with E-state index >= 15 is 0 Å². The van der Waals surface area contributed by atoms with Crippen molar-refractivity contribution in [3.63, 3.8) is 0 Å². The molecule has 1 aromatic heterocycles. The zero-order valence-corrected chi connectivity index (χ0v) is 11.8. The van der Waals surface area contributed by atoms with Crippen molar-refractivity contribution in [2.24, 2.45) is 0 Å². The van der Waals surface area contributed by atoms with Crippen molar-refractivity contribution < 1.29 is 4.74 Å². The van der Waals surface area contributed by atoms with Crippen molar-refractivity contribution in [3.05, 3.63) is 59.9 Å². The van der Waals surface area contributed by atoms with E-state index in [1.807, 2.05) is 6.07 Å². The molecule has 0 saturated carbocycles. The fourth-order valence-corrected chi connectivity index (χ4v) is 2.62. The van der Waals surface area contributed by atoms with Crippen molar-refractivity contribution in [2.75, 3.05) is 13.1 Å². The molecule has 0 radical (unpaired) electrons. The van der Waals surface area contributed by atoms with Gasteiger partial charge in [-0.3, -0.25) is 9.88 Å². The molecule has 0 bridgehead atoms. The van der Waals surface area contributed by atoms with E-state index < -0.39 is 0 Å². The van der Waals surface area contributed by atoms with Gasteiger partial charge in [0.05, 0.1) is 11.8 Å². The zero-order valence-electron chi connectivity index (χ0n) is 11.8. The number of nitriles is 1. The summed E-state index contributed by atoms with van der Waals surface area (Å²) in [4.78, 5) is 6.41. The Morgan fingerprint density at radius 1 is 1.29 bits per heavy atom. The Morgan fingerprint density at radius 3 is 2.95 bits per heavy atom. The molecule has 0 spiro atoms. The van der Waals surface area contributed by atoms with Crippen LogP contribution in [0.5, 0.6) is 5.75 Å². The van der Waals surface area contributed by atoms with Crippen LogP contribution in [-0.4, -0.2) is 29.1 Å². The van der Waals surface area contributed by atoms with Gasteiger partial charge in [0.25, 0.3) is 0 Å². The molecule has 1 aromatic carbocycles. The Morgan fingerprint density at radius 2 is 2.14 bits per heavy atom. The molecule has 1 saturated heterocycles. The molecule has 4 heteroatoms. The molecule has 1 fully saturated rings. The van der Waals surface area contributed by atoms with Gasteiger partial charge >= 0.3 is 0 Å². The van der Waals surface area contributed by atoms with Crippen molar-refractivity contribution >= 4 is 0 Å². The third kappa shape index (κ3) is 3.39. The molecular formula is C17H17N3O. The number of hydrogen-bond acceptors (Lipinski definition) is 4. The first-order valence-corrected chi connectivity index (χ1v) is 7.12. The number of likely N-dealkylation sites (tertiary alicyclic amines) is 1. The third-order valence-electron chi connectivity index (χ3n) is 3.68. The highest BCUT2D eigenvalue weighted by molar-refractivity contribution is 5.40. The summed E-state index contributed by atoms with van der Waals surface area (Å²) in [6, 6.07) is 14.3. The highest BCUT2D eigenvalue weighted by Gasteiger charge is 2.24. The highest BCUT2D eigenvalue weighted by Crippen LogP contribution is 2.22. The van der Waals surface area contributed by atoms with Crippen molar-refractivity contribution in [2.45, 2.75) is 19.1 Å². The predicted molar refractivity (Wildman–Crippen MR) is 79.7 cm³/mol. The van der Waals surface area contributed by atoms with Crippen LogP contribution < -0.4 is 4.74 Å². The van der Waals surface area contributed by atoms with E-state index in [1.54, 1.807) is 18.5 Å². The molecule has 1 unspecified atom stereocenters. The van der Waals surface area contributed by atoms with Gasteiger partial charge in [-0.1, -0.05) is 30.3 Å². The van der Waals surface area contributed by atoms with Crippen LogP contribution in [0, 0.1) is 11.3 Å². The van der Waals surface area contributed by atoms with Gasteiger partial charge in [-0.15, -0.1) is 0 Å². The number of hydrogen-bond donors (Lipinski definition) is 0. The molecule has 1 atom stereocenters. The lowest BCUT2D eigenvalue weighted by atomic mass is 10.2. The van der Waals surface area contributed by atoms with Gasteiger partial charge in [0, 0.05) is 25.8 Å². The summed E-state index contributed by atoms with van der Waals surface area (Å²) < 4.78 is 5.94. The van der Waals surface area contributed by atoms with Crippen LogP contribution in [-0.2, 0) is 6.54 Å². The first-order chi connectivity index (χ1) is 10.3. The van der Waals surface area contributed by atoms with E-state index in [0.29, 0.717) is 11.3 Å². The summed E-state index contributed by atoms with van der Waals surface area (Å²) >= 11 is 0. The van der Waals surface area contributed by atoms with E-state index in [9.17, 15) is 0 Å². The number of benzene rings is 1. The summed E-state index contributed by atoms with van der Waals surface area (Å²) in [5.74, 6) is 0.589. The normalized spacial score (nSPS) is 18.3. The maximum absolute atomic E-state index is 9.07. The smallest absolute Gasteiger partial charge is 0.155 e. The Labute approximate surface area is 124 Å². The SMILES string of the molecule is N#Cc1ccncc1OC1CCN(Cc2ccccc2)C1. The standard InChI is InChI=1S/C17H17N3O/c18-10-15-6-8-19-11-17(15)21-16-7-9-20(13-16)12-14-4-2-1-3-5-14/h1-6,8,11,16H,7,9,12-13H2. The summed E-state index contributed by atoms with van der Waals surface area (Å²) in [5.41, 5.74) is 1.86. The maximum atomic E-state index is 9.07. The maximum Gasteiger partial charge on any atom is 0.155 e. The minimum absolute atomic E-state index is 0.130. The lowest BCUT2D eigenvalue weighted by molar-refractivity contribution is 0.197. The van der Waals surface area contributed by atoms with E-state index in [0.717, 1.165) is 26.1 Å². The fraction of sp³-hybridized carbons (Fsp3) is 0.294. The van der Waals surface area contributed by atoms with Crippen molar-refractivity contribution in [1.82, 2.24) is 9.88 Å². The van der Waals surface area contributed by atoms with Crippen LogP contribution >= 0.6 is 0 Å². The predicted octanol–water partition coefficient (Wildman–Crippen LogP) is 2.61. The van der Waals surface area contributed by atoms with Gasteiger partial charge in [-0.05, 0) is 18.1 Å². The summed E-state index contributed by atoms with van der Waals surface area (Å²) in [6.07, 6.45) is 4.34. The average Bonchev–Trinajstić information content (AvgIpc) is 2.96. The molecule has 4 nitrogen and oxygen atoms in total. The first-order valence-electron chi connectivity index (χ1n) is 7.12. The number of pyridine rings is 1. The number of ether oxygens (including phenoxy) is 1. The minimum atomic E-state index is 0.130. The molecular weight excluding hydrogens is 262 g/mol. The molecule has 1 aliphatic heterocycles. The zero-order chi connectivity index (χ0) is 14.5. The molecule has 0 aliphatic carbocycles. The molecule has 21 heavy (non-hydrogen) atoms. The molecule has 1 aliphatic rings. The van der Waals surface area contributed by atoms with Crippen LogP contribution in [0.1, 0.15) is 17.5 Å². The third-order valence-corrected chi connectivity index (χ3v) is 3.68. The lowest BCUT2D eigenvalue weighted by Gasteiger charge is -2.17. The molecule has 2 heterocycles. The quantitative estimate of drug-likeness (QED) is 0.863. The van der Waals surface area contributed by atoms with Gasteiger partial charge in [-0.2, -0.15) is 5.26 Å². The Hall–Kier alpha value is -2.38. The second-order valence-electron chi connectivity index (χ2n) is 5.23. The van der Waals surface area contributed by atoms with Gasteiger partial charge < -0.3 is 4.74 Å². The molecule has 3 rings (SSSR count). The second-order valence-corrected chi connectivity index (χ2v) is 5.23. The van der Waals surface area contributed by atoms with Crippen LogP contribution in [0.4, 0.5) is 0 Å². The summed E-state index contributed by atoms with van der Waals surface area (Å²) in [7, 11) is 0. The number of nitrogens with zero attached hydrogens (tertiary/aromatic N) is 3. The summed E-state index contributed by atoms with van der Waals surface area (Å²) in [6.45, 7) is 2.84. The van der Waals surface area contributed by atoms with E-state index in [1.165, 1.54) is 5.56 Å². The molecule has 0 N–H and O–H groups in total. The summed E-state index contributed by atoms with van der Waals surface area (Å²) in [5, 5.41) is 9.07. The average molecular weight is 279 g/mol. The molecule has 0 amide bonds. The van der Waals surface area contributed by atoms with Gasteiger partial charge in [-0.25, -0.2) is 0 Å². The van der Waals surface area contributed by atoms with Crippen molar-refractivity contribution in [1.29, 1.82) is 5.26 Å². The number of aromatic nitrogens is 1. The van der Waals surface area contributed by atoms with Gasteiger partial charge in [0.2, 0.25) is 0 Å². The van der Waals surface area contributed by atoms with E-state index in [-0.39, 0.29) is 6.10 Å². The topological polar surface area (TPSA) is 49.1 Å². The molecule has 106 valence electrons. The highest BCUT2D eigenvalue weighted by atomic mass is 16.5. The Kier molecular flexibility index (Phi) is 4.13. The largest absolute Gasteiger partial charge is 0.486 e. The second kappa shape index (κ2) is 6.38. The van der Waals surface area contributed by atoms with Crippen LogP contribution in [0.3, 0.4) is 0 Å². The first kappa shape index (κ1) is 13.6. The van der Waals surface area contributed by atoms with E-state index in [2.05, 4.69) is 40.2 Å². The van der Waals surface area contributed by atoms with Crippen LogP contribution in [0.15, 0.2) is 48.8 Å².